The summed E-state index contributed by atoms with van der Waals surface area (Å²) in [6, 6.07) is 0. The molecule has 2 N–H and O–H groups in total. The maximum Gasteiger partial charge on any atom is 0.324 e. The van der Waals surface area contributed by atoms with Crippen molar-refractivity contribution >= 4 is 5.97 Å². The van der Waals surface area contributed by atoms with Crippen LogP contribution >= 0.6 is 0 Å². The molecule has 2 atom stereocenters. The zero-order valence-electron chi connectivity index (χ0n) is 10.9. The van der Waals surface area contributed by atoms with Crippen molar-refractivity contribution < 1.29 is 19.4 Å². The second-order valence-corrected chi connectivity index (χ2v) is 4.89. The molecule has 5 heteroatoms. The third-order valence-electron chi connectivity index (χ3n) is 3.58. The van der Waals surface area contributed by atoms with Crippen LogP contribution < -0.4 is 5.32 Å². The summed E-state index contributed by atoms with van der Waals surface area (Å²) >= 11 is 0. The van der Waals surface area contributed by atoms with Crippen LogP contribution in [0.25, 0.3) is 0 Å². The second-order valence-electron chi connectivity index (χ2n) is 4.89. The first-order chi connectivity index (χ1) is 7.98. The molecule has 0 saturated carbocycles. The molecular weight excluding hydrogens is 222 g/mol. The van der Waals surface area contributed by atoms with Gasteiger partial charge in [-0.05, 0) is 19.8 Å². The molecule has 1 fully saturated rings. The summed E-state index contributed by atoms with van der Waals surface area (Å²) in [5, 5.41) is 12.6. The third kappa shape index (κ3) is 3.40. The van der Waals surface area contributed by atoms with E-state index < -0.39 is 11.5 Å². The molecule has 0 radical (unpaired) electrons. The predicted octanol–water partition coefficient (Wildman–Crippen LogP) is 1.02. The first kappa shape index (κ1) is 14.4. The molecule has 17 heavy (non-hydrogen) atoms. The summed E-state index contributed by atoms with van der Waals surface area (Å²) in [4.78, 5) is 11.5. The minimum Gasteiger partial charge on any atom is -0.480 e. The number of carboxylic acids is 1. The fourth-order valence-electron chi connectivity index (χ4n) is 2.28. The number of aliphatic carboxylic acids is 1. The van der Waals surface area contributed by atoms with Gasteiger partial charge in [-0.25, -0.2) is 0 Å². The van der Waals surface area contributed by atoms with Crippen molar-refractivity contribution in [3.8, 4) is 0 Å². The smallest absolute Gasteiger partial charge is 0.324 e. The number of carboxylic acid groups (broad SMARTS) is 1. The van der Waals surface area contributed by atoms with Crippen LogP contribution in [0.3, 0.4) is 0 Å². The quantitative estimate of drug-likeness (QED) is 0.684. The lowest BCUT2D eigenvalue weighted by molar-refractivity contribution is -0.160. The Bertz CT molecular complexity index is 271. The van der Waals surface area contributed by atoms with Gasteiger partial charge in [0.25, 0.3) is 0 Å². The van der Waals surface area contributed by atoms with Gasteiger partial charge in [0.15, 0.2) is 0 Å². The van der Waals surface area contributed by atoms with Gasteiger partial charge in [-0.3, -0.25) is 10.1 Å². The highest BCUT2D eigenvalue weighted by Gasteiger charge is 2.47. The molecule has 0 aromatic rings. The molecule has 0 aromatic heterocycles. The van der Waals surface area contributed by atoms with E-state index in [1.165, 1.54) is 0 Å². The molecule has 2 unspecified atom stereocenters. The molecule has 5 nitrogen and oxygen atoms in total. The highest BCUT2D eigenvalue weighted by molar-refractivity contribution is 5.79. The lowest BCUT2D eigenvalue weighted by Gasteiger charge is -2.44. The molecule has 1 saturated heterocycles. The van der Waals surface area contributed by atoms with Crippen LogP contribution in [0, 0.1) is 0 Å². The van der Waals surface area contributed by atoms with Crippen LogP contribution in [-0.2, 0) is 14.3 Å². The fraction of sp³-hybridized carbons (Fsp3) is 0.917. The molecule has 1 aliphatic rings. The van der Waals surface area contributed by atoms with Gasteiger partial charge in [-0.1, -0.05) is 6.92 Å². The summed E-state index contributed by atoms with van der Waals surface area (Å²) < 4.78 is 10.6. The molecule has 1 aliphatic heterocycles. The van der Waals surface area contributed by atoms with E-state index in [1.54, 1.807) is 7.11 Å². The zero-order valence-corrected chi connectivity index (χ0v) is 10.9. The largest absolute Gasteiger partial charge is 0.480 e. The van der Waals surface area contributed by atoms with E-state index in [9.17, 15) is 9.90 Å². The normalized spacial score (nSPS) is 33.6. The van der Waals surface area contributed by atoms with Crippen molar-refractivity contribution in [1.29, 1.82) is 0 Å². The highest BCUT2D eigenvalue weighted by atomic mass is 16.5. The minimum absolute atomic E-state index is 0.350. The number of carbonyl (C=O) groups is 1. The van der Waals surface area contributed by atoms with Gasteiger partial charge in [-0.15, -0.1) is 0 Å². The Morgan fingerprint density at radius 3 is 2.82 bits per heavy atom. The molecule has 0 bridgehead atoms. The first-order valence-corrected chi connectivity index (χ1v) is 6.09. The van der Waals surface area contributed by atoms with Crippen LogP contribution in [-0.4, -0.2) is 49.1 Å². The standard InChI is InChI=1S/C12H23NO4/c1-4-11(2)9-12(10(14)15,5-7-17-11)13-6-8-16-3/h13H,4-9H2,1-3H3,(H,14,15). The molecule has 0 amide bonds. The average molecular weight is 245 g/mol. The Morgan fingerprint density at radius 2 is 2.29 bits per heavy atom. The molecule has 0 aliphatic carbocycles. The molecular formula is C12H23NO4. The van der Waals surface area contributed by atoms with Crippen molar-refractivity contribution in [2.24, 2.45) is 0 Å². The SMILES string of the molecule is CCC1(C)CC(NCCOC)(C(=O)O)CCO1. The Kier molecular flexibility index (Phi) is 4.91. The summed E-state index contributed by atoms with van der Waals surface area (Å²) in [5.41, 5.74) is -1.22. The number of hydrogen-bond donors (Lipinski definition) is 2. The molecule has 0 spiro atoms. The Morgan fingerprint density at radius 1 is 1.59 bits per heavy atom. The van der Waals surface area contributed by atoms with Gasteiger partial charge in [0.1, 0.15) is 5.54 Å². The van der Waals surface area contributed by atoms with Crippen molar-refractivity contribution in [3.05, 3.63) is 0 Å². The van der Waals surface area contributed by atoms with E-state index in [1.807, 2.05) is 13.8 Å². The van der Waals surface area contributed by atoms with Crippen LogP contribution in [0.4, 0.5) is 0 Å². The highest BCUT2D eigenvalue weighted by Crippen LogP contribution is 2.34. The van der Waals surface area contributed by atoms with Crippen molar-refractivity contribution in [1.82, 2.24) is 5.32 Å². The maximum absolute atomic E-state index is 11.5. The zero-order chi connectivity index (χ0) is 12.9. The van der Waals surface area contributed by atoms with Gasteiger partial charge in [-0.2, -0.15) is 0 Å². The van der Waals surface area contributed by atoms with Crippen molar-refractivity contribution in [2.45, 2.75) is 44.2 Å². The Balaban J connectivity index is 2.73. The maximum atomic E-state index is 11.5. The lowest BCUT2D eigenvalue weighted by Crippen LogP contribution is -2.60. The number of ether oxygens (including phenoxy) is 2. The lowest BCUT2D eigenvalue weighted by atomic mass is 9.79. The number of methoxy groups -OCH3 is 1. The van der Waals surface area contributed by atoms with Crippen LogP contribution in [0.2, 0.25) is 0 Å². The average Bonchev–Trinajstić information content (AvgIpc) is 2.29. The van der Waals surface area contributed by atoms with Gasteiger partial charge >= 0.3 is 5.97 Å². The third-order valence-corrected chi connectivity index (χ3v) is 3.58. The predicted molar refractivity (Wildman–Crippen MR) is 64.1 cm³/mol. The van der Waals surface area contributed by atoms with E-state index >= 15 is 0 Å². The molecule has 0 aromatic carbocycles. The molecule has 100 valence electrons. The van der Waals surface area contributed by atoms with E-state index in [-0.39, 0.29) is 5.60 Å². The van der Waals surface area contributed by atoms with Gasteiger partial charge in [0.05, 0.1) is 12.2 Å². The fourth-order valence-corrected chi connectivity index (χ4v) is 2.28. The summed E-state index contributed by atoms with van der Waals surface area (Å²) in [6.45, 7) is 5.53. The molecule has 1 heterocycles. The second kappa shape index (κ2) is 5.80. The summed E-state index contributed by atoms with van der Waals surface area (Å²) in [6.07, 6.45) is 1.81. The molecule has 1 rings (SSSR count). The van der Waals surface area contributed by atoms with Crippen LogP contribution in [0.5, 0.6) is 0 Å². The van der Waals surface area contributed by atoms with E-state index in [2.05, 4.69) is 5.32 Å². The number of rotatable bonds is 6. The van der Waals surface area contributed by atoms with Gasteiger partial charge in [0, 0.05) is 26.7 Å². The number of nitrogens with one attached hydrogen (secondary N) is 1. The monoisotopic (exact) mass is 245 g/mol. The van der Waals surface area contributed by atoms with E-state index in [0.717, 1.165) is 6.42 Å². The first-order valence-electron chi connectivity index (χ1n) is 6.09. The van der Waals surface area contributed by atoms with Crippen LogP contribution in [0.1, 0.15) is 33.1 Å². The van der Waals surface area contributed by atoms with Crippen molar-refractivity contribution in [2.75, 3.05) is 26.9 Å². The van der Waals surface area contributed by atoms with E-state index in [0.29, 0.717) is 32.6 Å². The topological polar surface area (TPSA) is 67.8 Å². The van der Waals surface area contributed by atoms with Gasteiger partial charge in [0.2, 0.25) is 0 Å². The minimum atomic E-state index is -0.873. The Hall–Kier alpha value is -0.650. The van der Waals surface area contributed by atoms with Crippen molar-refractivity contribution in [3.63, 3.8) is 0 Å². The summed E-state index contributed by atoms with van der Waals surface area (Å²) in [7, 11) is 1.61. The van der Waals surface area contributed by atoms with Gasteiger partial charge < -0.3 is 14.6 Å². The van der Waals surface area contributed by atoms with Crippen LogP contribution in [0.15, 0.2) is 0 Å². The van der Waals surface area contributed by atoms with E-state index in [4.69, 9.17) is 9.47 Å². The summed E-state index contributed by atoms with van der Waals surface area (Å²) in [5.74, 6) is -0.795. The Labute approximate surface area is 102 Å². The number of hydrogen-bond acceptors (Lipinski definition) is 4.